The number of aromatic nitrogens is 2. The van der Waals surface area contributed by atoms with Gasteiger partial charge in [0.1, 0.15) is 5.75 Å². The number of hydrogen-bond acceptors (Lipinski definition) is 7. The Bertz CT molecular complexity index is 1180. The number of hydrogen-bond donors (Lipinski definition) is 2. The molecule has 2 fully saturated rings. The molecule has 1 aliphatic heterocycles. The van der Waals surface area contributed by atoms with E-state index in [1.165, 1.54) is 6.20 Å². The van der Waals surface area contributed by atoms with E-state index >= 15 is 0 Å². The molecule has 1 saturated carbocycles. The number of morpholine rings is 1. The van der Waals surface area contributed by atoms with E-state index in [9.17, 15) is 9.59 Å². The third-order valence-corrected chi connectivity index (χ3v) is 5.77. The number of nitrogens with zero attached hydrogens (tertiary/aromatic N) is 3. The number of rotatable bonds is 8. The summed E-state index contributed by atoms with van der Waals surface area (Å²) >= 11 is 0. The molecule has 3 aromatic rings. The van der Waals surface area contributed by atoms with Crippen LogP contribution in [0.15, 0.2) is 60.9 Å². The fourth-order valence-corrected chi connectivity index (χ4v) is 3.73. The molecule has 2 aliphatic rings. The van der Waals surface area contributed by atoms with Crippen LogP contribution in [0.4, 0.5) is 11.5 Å². The fraction of sp³-hybridized carbons (Fsp3) is 0.308. The lowest BCUT2D eigenvalue weighted by molar-refractivity contribution is -0.118. The molecule has 1 saturated heterocycles. The first-order valence-corrected chi connectivity index (χ1v) is 11.7. The average molecular weight is 474 g/mol. The Hall–Kier alpha value is -3.82. The van der Waals surface area contributed by atoms with Crippen LogP contribution in [0.1, 0.15) is 23.2 Å². The number of carbonyl (C=O) groups is 2. The average Bonchev–Trinajstić information content (AvgIpc) is 3.71. The van der Waals surface area contributed by atoms with Gasteiger partial charge >= 0.3 is 0 Å². The summed E-state index contributed by atoms with van der Waals surface area (Å²) in [5, 5.41) is 5.69. The first kappa shape index (κ1) is 22.9. The molecule has 2 aromatic carbocycles. The van der Waals surface area contributed by atoms with E-state index in [1.807, 2.05) is 35.2 Å². The summed E-state index contributed by atoms with van der Waals surface area (Å²) in [6.45, 7) is 2.92. The van der Waals surface area contributed by atoms with Crippen molar-refractivity contribution in [2.24, 2.45) is 0 Å². The van der Waals surface area contributed by atoms with Crippen molar-refractivity contribution in [3.63, 3.8) is 0 Å². The highest BCUT2D eigenvalue weighted by atomic mass is 16.5. The fourth-order valence-electron chi connectivity index (χ4n) is 3.73. The van der Waals surface area contributed by atoms with Crippen LogP contribution < -0.4 is 15.4 Å². The molecule has 2 N–H and O–H groups in total. The van der Waals surface area contributed by atoms with Gasteiger partial charge < -0.3 is 20.1 Å². The third kappa shape index (κ3) is 6.20. The summed E-state index contributed by atoms with van der Waals surface area (Å²) in [5.41, 5.74) is 2.52. The molecule has 0 radical (unpaired) electrons. The van der Waals surface area contributed by atoms with Crippen LogP contribution in [-0.4, -0.2) is 65.6 Å². The van der Waals surface area contributed by atoms with Crippen molar-refractivity contribution < 1.29 is 19.1 Å². The second-order valence-corrected chi connectivity index (χ2v) is 8.57. The molecule has 1 aliphatic carbocycles. The van der Waals surface area contributed by atoms with Crippen LogP contribution in [0.25, 0.3) is 11.3 Å². The second kappa shape index (κ2) is 10.6. The highest BCUT2D eigenvalue weighted by Crippen LogP contribution is 2.33. The Morgan fingerprint density at radius 2 is 1.80 bits per heavy atom. The van der Waals surface area contributed by atoms with E-state index in [2.05, 4.69) is 20.6 Å². The number of ether oxygens (including phenoxy) is 2. The van der Waals surface area contributed by atoms with Crippen molar-refractivity contribution in [2.45, 2.75) is 18.9 Å². The van der Waals surface area contributed by atoms with Crippen molar-refractivity contribution in [3.8, 4) is 17.0 Å². The number of anilines is 2. The van der Waals surface area contributed by atoms with Crippen LogP contribution >= 0.6 is 0 Å². The lowest BCUT2D eigenvalue weighted by Gasteiger charge is -2.26. The van der Waals surface area contributed by atoms with Gasteiger partial charge in [0, 0.05) is 24.2 Å². The van der Waals surface area contributed by atoms with Crippen LogP contribution in [0, 0.1) is 0 Å². The lowest BCUT2D eigenvalue weighted by atomic mass is 10.1. The van der Waals surface area contributed by atoms with Gasteiger partial charge in [0.2, 0.25) is 5.91 Å². The molecule has 180 valence electrons. The minimum atomic E-state index is -0.353. The number of amides is 2. The van der Waals surface area contributed by atoms with E-state index in [-0.39, 0.29) is 24.5 Å². The summed E-state index contributed by atoms with van der Waals surface area (Å²) in [5.74, 6) is 0.387. The SMILES string of the molecule is O=C(CN1CCOCC1)Nc1cc(C(=O)Nc2cnc(-c3ccccc3)cn2)ccc1OC1CC1. The Kier molecular flexibility index (Phi) is 6.97. The van der Waals surface area contributed by atoms with Crippen molar-refractivity contribution in [1.29, 1.82) is 0 Å². The monoisotopic (exact) mass is 473 g/mol. The van der Waals surface area contributed by atoms with Gasteiger partial charge in [-0.2, -0.15) is 0 Å². The zero-order chi connectivity index (χ0) is 24.0. The van der Waals surface area contributed by atoms with Crippen molar-refractivity contribution in [2.75, 3.05) is 43.5 Å². The first-order valence-electron chi connectivity index (χ1n) is 11.7. The standard InChI is InChI=1S/C26H27N5O4/c32-25(17-31-10-12-34-13-11-31)29-21-14-19(6-9-23(21)35-20-7-8-20)26(33)30-24-16-27-22(15-28-24)18-4-2-1-3-5-18/h1-6,9,14-16,20H,7-8,10-13,17H2,(H,29,32)(H,28,30,33). The van der Waals surface area contributed by atoms with Gasteiger partial charge in [0.15, 0.2) is 5.82 Å². The van der Waals surface area contributed by atoms with Crippen LogP contribution in [0.3, 0.4) is 0 Å². The zero-order valence-corrected chi connectivity index (χ0v) is 19.3. The van der Waals surface area contributed by atoms with E-state index in [0.717, 1.165) is 24.1 Å². The molecule has 35 heavy (non-hydrogen) atoms. The summed E-state index contributed by atoms with van der Waals surface area (Å²) < 4.78 is 11.3. The van der Waals surface area contributed by atoms with Crippen LogP contribution in [0.5, 0.6) is 5.75 Å². The maximum absolute atomic E-state index is 12.9. The molecule has 0 bridgehead atoms. The third-order valence-electron chi connectivity index (χ3n) is 5.77. The summed E-state index contributed by atoms with van der Waals surface area (Å²) in [4.78, 5) is 36.3. The number of nitrogens with one attached hydrogen (secondary N) is 2. The second-order valence-electron chi connectivity index (χ2n) is 8.57. The molecule has 0 spiro atoms. The quantitative estimate of drug-likeness (QED) is 0.518. The largest absolute Gasteiger partial charge is 0.488 e. The minimum absolute atomic E-state index is 0.156. The maximum Gasteiger partial charge on any atom is 0.256 e. The molecule has 9 nitrogen and oxygen atoms in total. The maximum atomic E-state index is 12.9. The Balaban J connectivity index is 1.27. The lowest BCUT2D eigenvalue weighted by Crippen LogP contribution is -2.41. The van der Waals surface area contributed by atoms with Gasteiger partial charge in [-0.05, 0) is 31.0 Å². The summed E-state index contributed by atoms with van der Waals surface area (Å²) in [6, 6.07) is 14.7. The molecule has 0 atom stereocenters. The van der Waals surface area contributed by atoms with Crippen LogP contribution in [-0.2, 0) is 9.53 Å². The van der Waals surface area contributed by atoms with Gasteiger partial charge in [0.05, 0.1) is 49.6 Å². The predicted octanol–water partition coefficient (Wildman–Crippen LogP) is 3.21. The molecule has 2 amide bonds. The minimum Gasteiger partial charge on any atom is -0.488 e. The van der Waals surface area contributed by atoms with Crippen LogP contribution in [0.2, 0.25) is 0 Å². The molecule has 9 heteroatoms. The number of carbonyl (C=O) groups excluding carboxylic acids is 2. The van der Waals surface area contributed by atoms with E-state index in [0.29, 0.717) is 49.1 Å². The van der Waals surface area contributed by atoms with Crippen molar-refractivity contribution >= 4 is 23.3 Å². The van der Waals surface area contributed by atoms with Crippen molar-refractivity contribution in [3.05, 3.63) is 66.5 Å². The van der Waals surface area contributed by atoms with Gasteiger partial charge in [-0.25, -0.2) is 4.98 Å². The van der Waals surface area contributed by atoms with Gasteiger partial charge in [-0.1, -0.05) is 30.3 Å². The number of benzene rings is 2. The summed E-state index contributed by atoms with van der Waals surface area (Å²) in [6.07, 6.45) is 5.27. The predicted molar refractivity (Wildman–Crippen MR) is 131 cm³/mol. The highest BCUT2D eigenvalue weighted by molar-refractivity contribution is 6.05. The van der Waals surface area contributed by atoms with Gasteiger partial charge in [-0.3, -0.25) is 19.5 Å². The summed E-state index contributed by atoms with van der Waals surface area (Å²) in [7, 11) is 0. The molecule has 1 aromatic heterocycles. The Morgan fingerprint density at radius 1 is 1.00 bits per heavy atom. The van der Waals surface area contributed by atoms with E-state index in [1.54, 1.807) is 24.4 Å². The smallest absolute Gasteiger partial charge is 0.256 e. The van der Waals surface area contributed by atoms with Gasteiger partial charge in [0.25, 0.3) is 5.91 Å². The topological polar surface area (TPSA) is 106 Å². The molecule has 0 unspecified atom stereocenters. The molecular weight excluding hydrogens is 446 g/mol. The molecule has 2 heterocycles. The zero-order valence-electron chi connectivity index (χ0n) is 19.3. The van der Waals surface area contributed by atoms with Crippen molar-refractivity contribution in [1.82, 2.24) is 14.9 Å². The molecule has 5 rings (SSSR count). The van der Waals surface area contributed by atoms with Gasteiger partial charge in [-0.15, -0.1) is 0 Å². The Labute approximate surface area is 203 Å². The Morgan fingerprint density at radius 3 is 2.51 bits per heavy atom. The van der Waals surface area contributed by atoms with E-state index in [4.69, 9.17) is 9.47 Å². The first-order chi connectivity index (χ1) is 17.1. The van der Waals surface area contributed by atoms with E-state index < -0.39 is 0 Å². The normalized spacial score (nSPS) is 15.9. The molecular formula is C26H27N5O4. The highest BCUT2D eigenvalue weighted by Gasteiger charge is 2.25.